The Morgan fingerprint density at radius 3 is 2.00 bits per heavy atom. The normalized spacial score (nSPS) is 14.6. The standard InChI is InChI=1S/C18H27F3N4O2/c1-11(14-24-22-12(26-14)9-16(2,3)4)7-8-17(5,6)10-13-23-25-15(27-13)18(19,20)21/h11H,7-10H2,1-6H3. The van der Waals surface area contributed by atoms with E-state index < -0.39 is 12.1 Å². The van der Waals surface area contributed by atoms with Gasteiger partial charge in [-0.2, -0.15) is 13.2 Å². The lowest BCUT2D eigenvalue weighted by Gasteiger charge is -2.23. The molecule has 0 aromatic carbocycles. The lowest BCUT2D eigenvalue weighted by atomic mass is 9.82. The number of hydrogen-bond donors (Lipinski definition) is 0. The van der Waals surface area contributed by atoms with Crippen molar-refractivity contribution in [2.24, 2.45) is 10.8 Å². The summed E-state index contributed by atoms with van der Waals surface area (Å²) >= 11 is 0. The van der Waals surface area contributed by atoms with Gasteiger partial charge in [0.2, 0.25) is 17.7 Å². The second-order valence-electron chi connectivity index (χ2n) is 9.05. The zero-order chi connectivity index (χ0) is 20.5. The van der Waals surface area contributed by atoms with Crippen LogP contribution in [0.3, 0.4) is 0 Å². The molecule has 2 aromatic heterocycles. The number of halogens is 3. The van der Waals surface area contributed by atoms with Gasteiger partial charge in [0.1, 0.15) is 0 Å². The van der Waals surface area contributed by atoms with Crippen molar-refractivity contribution in [3.05, 3.63) is 23.6 Å². The van der Waals surface area contributed by atoms with Gasteiger partial charge in [0, 0.05) is 18.8 Å². The third-order valence-electron chi connectivity index (χ3n) is 4.18. The summed E-state index contributed by atoms with van der Waals surface area (Å²) in [6.45, 7) is 12.2. The lowest BCUT2D eigenvalue weighted by Crippen LogP contribution is -2.16. The molecule has 0 aliphatic carbocycles. The molecule has 2 rings (SSSR count). The van der Waals surface area contributed by atoms with Crippen LogP contribution < -0.4 is 0 Å². The smallest absolute Gasteiger partial charge is 0.425 e. The van der Waals surface area contributed by atoms with E-state index in [4.69, 9.17) is 8.83 Å². The minimum Gasteiger partial charge on any atom is -0.425 e. The summed E-state index contributed by atoms with van der Waals surface area (Å²) in [4.78, 5) is 0. The summed E-state index contributed by atoms with van der Waals surface area (Å²) < 4.78 is 48.2. The summed E-state index contributed by atoms with van der Waals surface area (Å²) in [6, 6.07) is 0. The van der Waals surface area contributed by atoms with Crippen molar-refractivity contribution in [2.75, 3.05) is 0 Å². The molecule has 0 aliphatic heterocycles. The Kier molecular flexibility index (Phi) is 6.01. The van der Waals surface area contributed by atoms with Gasteiger partial charge in [-0.3, -0.25) is 0 Å². The second kappa shape index (κ2) is 7.59. The molecule has 2 heterocycles. The van der Waals surface area contributed by atoms with Crippen molar-refractivity contribution in [1.82, 2.24) is 20.4 Å². The van der Waals surface area contributed by atoms with Crippen LogP contribution in [0.5, 0.6) is 0 Å². The highest BCUT2D eigenvalue weighted by Crippen LogP contribution is 2.33. The first-order valence-electron chi connectivity index (χ1n) is 8.97. The topological polar surface area (TPSA) is 77.8 Å². The van der Waals surface area contributed by atoms with Crippen LogP contribution in [0.25, 0.3) is 0 Å². The minimum absolute atomic E-state index is 0.00904. The van der Waals surface area contributed by atoms with Gasteiger partial charge in [-0.25, -0.2) is 0 Å². The molecule has 0 amide bonds. The van der Waals surface area contributed by atoms with Crippen LogP contribution in [0, 0.1) is 10.8 Å². The Hall–Kier alpha value is -1.93. The van der Waals surface area contributed by atoms with Gasteiger partial charge in [0.25, 0.3) is 0 Å². The molecule has 0 radical (unpaired) electrons. The second-order valence-corrected chi connectivity index (χ2v) is 9.05. The summed E-state index contributed by atoms with van der Waals surface area (Å²) in [5.74, 6) is -0.0561. The van der Waals surface area contributed by atoms with Crippen LogP contribution in [-0.4, -0.2) is 20.4 Å². The molecule has 0 saturated heterocycles. The maximum Gasteiger partial charge on any atom is 0.470 e. The van der Waals surface area contributed by atoms with Gasteiger partial charge < -0.3 is 8.83 Å². The zero-order valence-electron chi connectivity index (χ0n) is 16.6. The maximum atomic E-state index is 12.6. The molecule has 1 atom stereocenters. The zero-order valence-corrected chi connectivity index (χ0v) is 16.6. The molecule has 6 nitrogen and oxygen atoms in total. The Balaban J connectivity index is 1.91. The Morgan fingerprint density at radius 2 is 1.44 bits per heavy atom. The van der Waals surface area contributed by atoms with E-state index in [0.29, 0.717) is 18.2 Å². The van der Waals surface area contributed by atoms with Crippen molar-refractivity contribution < 1.29 is 22.0 Å². The summed E-state index contributed by atoms with van der Waals surface area (Å²) in [6.07, 6.45) is -2.16. The van der Waals surface area contributed by atoms with Gasteiger partial charge in [-0.1, -0.05) is 41.5 Å². The van der Waals surface area contributed by atoms with Crippen LogP contribution in [0.4, 0.5) is 13.2 Å². The summed E-state index contributed by atoms with van der Waals surface area (Å²) in [7, 11) is 0. The van der Waals surface area contributed by atoms with Crippen molar-refractivity contribution in [3.63, 3.8) is 0 Å². The molecule has 152 valence electrons. The quantitative estimate of drug-likeness (QED) is 0.648. The van der Waals surface area contributed by atoms with E-state index in [0.717, 1.165) is 12.8 Å². The highest BCUT2D eigenvalue weighted by atomic mass is 19.4. The fourth-order valence-electron chi connectivity index (χ4n) is 2.66. The number of hydrogen-bond acceptors (Lipinski definition) is 6. The van der Waals surface area contributed by atoms with Crippen molar-refractivity contribution in [1.29, 1.82) is 0 Å². The van der Waals surface area contributed by atoms with E-state index >= 15 is 0 Å². The minimum atomic E-state index is -4.62. The number of alkyl halides is 3. The molecule has 0 bridgehead atoms. The highest BCUT2D eigenvalue weighted by molar-refractivity contribution is 4.94. The SMILES string of the molecule is CC(CCC(C)(C)Cc1nnc(C(F)(F)F)o1)c1nnc(CC(C)(C)C)o1. The number of nitrogens with zero attached hydrogens (tertiary/aromatic N) is 4. The Bertz CT molecular complexity index is 744. The Labute approximate surface area is 156 Å². The molecule has 0 N–H and O–H groups in total. The van der Waals surface area contributed by atoms with Crippen LogP contribution in [0.1, 0.15) is 83.9 Å². The molecular weight excluding hydrogens is 361 g/mol. The van der Waals surface area contributed by atoms with Crippen LogP contribution >= 0.6 is 0 Å². The molecule has 0 aliphatic rings. The van der Waals surface area contributed by atoms with Crippen LogP contribution in [0.2, 0.25) is 0 Å². The number of rotatable bonds is 7. The van der Waals surface area contributed by atoms with E-state index in [1.54, 1.807) is 0 Å². The van der Waals surface area contributed by atoms with Gasteiger partial charge in [-0.05, 0) is 23.7 Å². The van der Waals surface area contributed by atoms with Crippen molar-refractivity contribution in [3.8, 4) is 0 Å². The average Bonchev–Trinajstić information content (AvgIpc) is 3.11. The largest absolute Gasteiger partial charge is 0.470 e. The van der Waals surface area contributed by atoms with E-state index in [1.165, 1.54) is 0 Å². The first-order chi connectivity index (χ1) is 12.3. The average molecular weight is 388 g/mol. The maximum absolute atomic E-state index is 12.6. The summed E-state index contributed by atoms with van der Waals surface area (Å²) in [5.41, 5.74) is -0.244. The molecule has 0 spiro atoms. The van der Waals surface area contributed by atoms with E-state index in [9.17, 15) is 13.2 Å². The van der Waals surface area contributed by atoms with E-state index in [2.05, 4.69) is 41.2 Å². The predicted octanol–water partition coefficient (Wildman–Crippen LogP) is 5.21. The van der Waals surface area contributed by atoms with Gasteiger partial charge in [0.05, 0.1) is 0 Å². The molecule has 27 heavy (non-hydrogen) atoms. The van der Waals surface area contributed by atoms with Crippen molar-refractivity contribution >= 4 is 0 Å². The van der Waals surface area contributed by atoms with Crippen LogP contribution in [0.15, 0.2) is 8.83 Å². The summed E-state index contributed by atoms with van der Waals surface area (Å²) in [5, 5.41) is 14.8. The first kappa shape index (κ1) is 21.4. The molecule has 2 aromatic rings. The number of aromatic nitrogens is 4. The highest BCUT2D eigenvalue weighted by Gasteiger charge is 2.38. The fraction of sp³-hybridized carbons (Fsp3) is 0.778. The molecule has 0 fully saturated rings. The van der Waals surface area contributed by atoms with E-state index in [-0.39, 0.29) is 29.1 Å². The third-order valence-corrected chi connectivity index (χ3v) is 4.18. The molecule has 0 saturated carbocycles. The van der Waals surface area contributed by atoms with Crippen LogP contribution in [-0.2, 0) is 19.0 Å². The monoisotopic (exact) mass is 388 g/mol. The first-order valence-corrected chi connectivity index (χ1v) is 8.97. The van der Waals surface area contributed by atoms with E-state index in [1.807, 2.05) is 20.8 Å². The fourth-order valence-corrected chi connectivity index (χ4v) is 2.66. The van der Waals surface area contributed by atoms with Crippen molar-refractivity contribution in [2.45, 2.75) is 79.3 Å². The van der Waals surface area contributed by atoms with Gasteiger partial charge >= 0.3 is 12.1 Å². The molecular formula is C18H27F3N4O2. The predicted molar refractivity (Wildman–Crippen MR) is 91.9 cm³/mol. The molecule has 1 unspecified atom stereocenters. The third kappa shape index (κ3) is 6.62. The Morgan fingerprint density at radius 1 is 0.852 bits per heavy atom. The van der Waals surface area contributed by atoms with Gasteiger partial charge in [0.15, 0.2) is 0 Å². The lowest BCUT2D eigenvalue weighted by molar-refractivity contribution is -0.157. The molecule has 9 heteroatoms. The van der Waals surface area contributed by atoms with Gasteiger partial charge in [-0.15, -0.1) is 20.4 Å².